The van der Waals surface area contributed by atoms with Gasteiger partial charge in [0.25, 0.3) is 0 Å². The summed E-state index contributed by atoms with van der Waals surface area (Å²) in [6, 6.07) is 6.33. The summed E-state index contributed by atoms with van der Waals surface area (Å²) >= 11 is 0. The maximum absolute atomic E-state index is 12.3. The van der Waals surface area contributed by atoms with E-state index in [2.05, 4.69) is 17.6 Å². The van der Waals surface area contributed by atoms with Gasteiger partial charge in [0.05, 0.1) is 0 Å². The van der Waals surface area contributed by atoms with Crippen molar-refractivity contribution in [3.8, 4) is 0 Å². The topological polar surface area (TPSA) is 58.2 Å². The predicted molar refractivity (Wildman–Crippen MR) is 88.1 cm³/mol. The Morgan fingerprint density at radius 1 is 1.27 bits per heavy atom. The second-order valence-corrected chi connectivity index (χ2v) is 6.30. The number of aryl methyl sites for hydroxylation is 2. The van der Waals surface area contributed by atoms with Gasteiger partial charge in [0.1, 0.15) is 0 Å². The molecular weight excluding hydrogens is 276 g/mol. The molecule has 0 radical (unpaired) electrons. The van der Waals surface area contributed by atoms with Gasteiger partial charge in [-0.05, 0) is 51.8 Å². The van der Waals surface area contributed by atoms with Crippen molar-refractivity contribution >= 4 is 11.7 Å². The lowest BCUT2D eigenvalue weighted by atomic mass is 9.98. The van der Waals surface area contributed by atoms with Crippen LogP contribution in [0.4, 0.5) is 0 Å². The fourth-order valence-electron chi connectivity index (χ4n) is 2.92. The highest BCUT2D eigenvalue weighted by Crippen LogP contribution is 2.14. The largest absolute Gasteiger partial charge is 0.352 e. The van der Waals surface area contributed by atoms with E-state index in [9.17, 15) is 9.59 Å². The maximum atomic E-state index is 12.3. The van der Waals surface area contributed by atoms with E-state index in [1.807, 2.05) is 32.0 Å². The minimum absolute atomic E-state index is 0.0285. The Kier molecular flexibility index (Phi) is 5.72. The molecule has 0 spiro atoms. The fraction of sp³-hybridized carbons (Fsp3) is 0.556. The van der Waals surface area contributed by atoms with Crippen LogP contribution in [0, 0.1) is 13.8 Å². The number of carbonyl (C=O) groups is 2. The monoisotopic (exact) mass is 302 g/mol. The molecule has 2 atom stereocenters. The van der Waals surface area contributed by atoms with Gasteiger partial charge in [0.15, 0.2) is 5.78 Å². The summed E-state index contributed by atoms with van der Waals surface area (Å²) in [6.07, 6.45) is 2.61. The molecule has 0 bridgehead atoms. The van der Waals surface area contributed by atoms with Gasteiger partial charge in [0.2, 0.25) is 5.91 Å². The van der Waals surface area contributed by atoms with E-state index in [-0.39, 0.29) is 30.6 Å². The number of hydrogen-bond donors (Lipinski definition) is 2. The molecule has 2 N–H and O–H groups in total. The quantitative estimate of drug-likeness (QED) is 0.822. The number of hydrogen-bond acceptors (Lipinski definition) is 3. The lowest BCUT2D eigenvalue weighted by Gasteiger charge is -2.30. The second-order valence-electron chi connectivity index (χ2n) is 6.30. The minimum atomic E-state index is -0.0285. The molecule has 1 saturated heterocycles. The molecule has 0 aliphatic carbocycles. The Morgan fingerprint density at radius 3 is 2.77 bits per heavy atom. The summed E-state index contributed by atoms with van der Waals surface area (Å²) in [5.41, 5.74) is 2.78. The zero-order valence-corrected chi connectivity index (χ0v) is 13.7. The molecule has 2 rings (SSSR count). The van der Waals surface area contributed by atoms with Gasteiger partial charge < -0.3 is 10.6 Å². The van der Waals surface area contributed by atoms with Gasteiger partial charge in [-0.15, -0.1) is 0 Å². The number of rotatable bonds is 5. The van der Waals surface area contributed by atoms with Crippen LogP contribution in [0.25, 0.3) is 0 Å². The lowest BCUT2D eigenvalue weighted by molar-refractivity contribution is -0.122. The van der Waals surface area contributed by atoms with Crippen LogP contribution in [-0.2, 0) is 4.79 Å². The van der Waals surface area contributed by atoms with Crippen molar-refractivity contribution in [3.05, 3.63) is 34.9 Å². The van der Waals surface area contributed by atoms with Crippen molar-refractivity contribution in [1.29, 1.82) is 0 Å². The third-order valence-corrected chi connectivity index (χ3v) is 4.38. The van der Waals surface area contributed by atoms with Gasteiger partial charge in [-0.1, -0.05) is 17.7 Å². The molecule has 2 unspecified atom stereocenters. The molecule has 1 heterocycles. The van der Waals surface area contributed by atoms with Gasteiger partial charge in [-0.2, -0.15) is 0 Å². The van der Waals surface area contributed by atoms with Crippen molar-refractivity contribution in [2.45, 2.75) is 58.5 Å². The van der Waals surface area contributed by atoms with Crippen LogP contribution in [0.15, 0.2) is 18.2 Å². The first-order valence-electron chi connectivity index (χ1n) is 8.10. The standard InChI is InChI=1S/C18H26N2O2/c1-12-6-7-13(2)15(11-12)17(21)8-9-18(22)20-16-5-4-10-19-14(16)3/h6-7,11,14,16,19H,4-5,8-10H2,1-3H3,(H,20,22). The number of carbonyl (C=O) groups excluding carboxylic acids is 2. The molecule has 0 aromatic heterocycles. The molecule has 1 fully saturated rings. The van der Waals surface area contributed by atoms with Crippen LogP contribution in [0.5, 0.6) is 0 Å². The highest BCUT2D eigenvalue weighted by atomic mass is 16.2. The molecule has 4 heteroatoms. The number of ketones is 1. The Hall–Kier alpha value is -1.68. The van der Waals surface area contributed by atoms with Gasteiger partial charge in [0, 0.05) is 30.5 Å². The SMILES string of the molecule is Cc1ccc(C)c(C(=O)CCC(=O)NC2CCCNC2C)c1. The van der Waals surface area contributed by atoms with Crippen molar-refractivity contribution < 1.29 is 9.59 Å². The van der Waals surface area contributed by atoms with Crippen LogP contribution < -0.4 is 10.6 Å². The first kappa shape index (κ1) is 16.7. The van der Waals surface area contributed by atoms with E-state index in [0.717, 1.165) is 36.1 Å². The number of nitrogens with one attached hydrogen (secondary N) is 2. The predicted octanol–water partition coefficient (Wildman–Crippen LogP) is 2.52. The van der Waals surface area contributed by atoms with E-state index in [0.29, 0.717) is 6.04 Å². The van der Waals surface area contributed by atoms with Crippen molar-refractivity contribution in [2.24, 2.45) is 0 Å². The first-order valence-corrected chi connectivity index (χ1v) is 8.10. The molecule has 1 aliphatic rings. The van der Waals surface area contributed by atoms with Crippen molar-refractivity contribution in [3.63, 3.8) is 0 Å². The lowest BCUT2D eigenvalue weighted by Crippen LogP contribution is -2.51. The Bertz CT molecular complexity index is 554. The number of piperidine rings is 1. The average molecular weight is 302 g/mol. The third kappa shape index (κ3) is 4.41. The van der Waals surface area contributed by atoms with Gasteiger partial charge in [-0.3, -0.25) is 9.59 Å². The Morgan fingerprint density at radius 2 is 2.05 bits per heavy atom. The summed E-state index contributed by atoms with van der Waals surface area (Å²) in [5, 5.41) is 6.41. The molecule has 1 aromatic rings. The van der Waals surface area contributed by atoms with Gasteiger partial charge >= 0.3 is 0 Å². The smallest absolute Gasteiger partial charge is 0.220 e. The maximum Gasteiger partial charge on any atom is 0.220 e. The first-order chi connectivity index (χ1) is 10.5. The van der Waals surface area contributed by atoms with E-state index in [4.69, 9.17) is 0 Å². The van der Waals surface area contributed by atoms with Crippen LogP contribution in [0.2, 0.25) is 0 Å². The van der Waals surface area contributed by atoms with E-state index >= 15 is 0 Å². The summed E-state index contributed by atoms with van der Waals surface area (Å²) in [5.74, 6) is 0.0189. The Labute approximate surface area is 132 Å². The van der Waals surface area contributed by atoms with Crippen LogP contribution in [0.3, 0.4) is 0 Å². The molecular formula is C18H26N2O2. The zero-order chi connectivity index (χ0) is 16.1. The summed E-state index contributed by atoms with van der Waals surface area (Å²) in [6.45, 7) is 7.01. The second kappa shape index (κ2) is 7.54. The molecule has 1 aromatic carbocycles. The molecule has 1 amide bonds. The molecule has 4 nitrogen and oxygen atoms in total. The van der Waals surface area contributed by atoms with Crippen LogP contribution in [-0.4, -0.2) is 30.3 Å². The summed E-state index contributed by atoms with van der Waals surface area (Å²) in [4.78, 5) is 24.3. The van der Waals surface area contributed by atoms with Gasteiger partial charge in [-0.25, -0.2) is 0 Å². The van der Waals surface area contributed by atoms with Crippen LogP contribution in [0.1, 0.15) is 54.1 Å². The van der Waals surface area contributed by atoms with Crippen molar-refractivity contribution in [1.82, 2.24) is 10.6 Å². The van der Waals surface area contributed by atoms with Crippen LogP contribution >= 0.6 is 0 Å². The minimum Gasteiger partial charge on any atom is -0.352 e. The summed E-state index contributed by atoms with van der Waals surface area (Å²) < 4.78 is 0. The molecule has 0 saturated carbocycles. The normalized spacial score (nSPS) is 21.4. The zero-order valence-electron chi connectivity index (χ0n) is 13.7. The molecule has 1 aliphatic heterocycles. The average Bonchev–Trinajstić information content (AvgIpc) is 2.49. The molecule has 22 heavy (non-hydrogen) atoms. The highest BCUT2D eigenvalue weighted by molar-refractivity contribution is 5.99. The Balaban J connectivity index is 1.85. The fourth-order valence-corrected chi connectivity index (χ4v) is 2.92. The number of amides is 1. The molecule has 120 valence electrons. The van der Waals surface area contributed by atoms with E-state index in [1.54, 1.807) is 0 Å². The van der Waals surface area contributed by atoms with Crippen molar-refractivity contribution in [2.75, 3.05) is 6.54 Å². The highest BCUT2D eigenvalue weighted by Gasteiger charge is 2.22. The summed E-state index contributed by atoms with van der Waals surface area (Å²) in [7, 11) is 0. The van der Waals surface area contributed by atoms with E-state index < -0.39 is 0 Å². The van der Waals surface area contributed by atoms with E-state index in [1.165, 1.54) is 0 Å². The number of Topliss-reactive ketones (excluding diaryl/α,β-unsaturated/α-hetero) is 1. The number of benzene rings is 1. The third-order valence-electron chi connectivity index (χ3n) is 4.38.